The molecule has 0 saturated carbocycles. The van der Waals surface area contributed by atoms with Gasteiger partial charge in [0.2, 0.25) is 11.7 Å². The van der Waals surface area contributed by atoms with Crippen LogP contribution in [0.25, 0.3) is 10.7 Å². The second-order valence-electron chi connectivity index (χ2n) is 4.26. The molecule has 2 aromatic heterocycles. The standard InChI is InChI=1S/C12H15N3O2S/c1-9(15-4-6-16-7-5-15)12-13-11(14-17-12)10-3-2-8-18-10/h2-3,8-9H,4-7H2,1H3. The lowest BCUT2D eigenvalue weighted by molar-refractivity contribution is 0.0134. The van der Waals surface area contributed by atoms with Crippen LogP contribution in [0, 0.1) is 0 Å². The first-order chi connectivity index (χ1) is 8.84. The molecule has 1 saturated heterocycles. The van der Waals surface area contributed by atoms with Crippen molar-refractivity contribution in [3.63, 3.8) is 0 Å². The Morgan fingerprint density at radius 3 is 2.94 bits per heavy atom. The molecule has 3 rings (SSSR count). The smallest absolute Gasteiger partial charge is 0.244 e. The van der Waals surface area contributed by atoms with Gasteiger partial charge >= 0.3 is 0 Å². The van der Waals surface area contributed by atoms with Gasteiger partial charge in [-0.15, -0.1) is 11.3 Å². The van der Waals surface area contributed by atoms with Crippen molar-refractivity contribution in [3.8, 4) is 10.7 Å². The number of aromatic nitrogens is 2. The Morgan fingerprint density at radius 2 is 2.22 bits per heavy atom. The monoisotopic (exact) mass is 265 g/mol. The Kier molecular flexibility index (Phi) is 3.40. The maximum absolute atomic E-state index is 5.37. The molecule has 6 heteroatoms. The third-order valence-electron chi connectivity index (χ3n) is 3.13. The van der Waals surface area contributed by atoms with Gasteiger partial charge in [0.05, 0.1) is 24.1 Å². The molecule has 0 radical (unpaired) electrons. The molecule has 1 fully saturated rings. The van der Waals surface area contributed by atoms with Gasteiger partial charge in [-0.3, -0.25) is 4.90 Å². The Hall–Kier alpha value is -1.24. The number of thiophene rings is 1. The maximum Gasteiger partial charge on any atom is 0.244 e. The molecule has 0 amide bonds. The van der Waals surface area contributed by atoms with Gasteiger partial charge in [0.25, 0.3) is 0 Å². The van der Waals surface area contributed by atoms with E-state index in [2.05, 4.69) is 22.0 Å². The number of ether oxygens (including phenoxy) is 1. The van der Waals surface area contributed by atoms with E-state index in [0.717, 1.165) is 31.2 Å². The summed E-state index contributed by atoms with van der Waals surface area (Å²) in [6.45, 7) is 5.47. The second-order valence-corrected chi connectivity index (χ2v) is 5.21. The molecule has 0 aliphatic carbocycles. The zero-order valence-electron chi connectivity index (χ0n) is 10.2. The predicted molar refractivity (Wildman–Crippen MR) is 68.4 cm³/mol. The van der Waals surface area contributed by atoms with Crippen molar-refractivity contribution < 1.29 is 9.26 Å². The third kappa shape index (κ3) is 2.31. The zero-order chi connectivity index (χ0) is 12.4. The van der Waals surface area contributed by atoms with E-state index in [4.69, 9.17) is 9.26 Å². The van der Waals surface area contributed by atoms with Gasteiger partial charge in [-0.25, -0.2) is 0 Å². The van der Waals surface area contributed by atoms with E-state index >= 15 is 0 Å². The Bertz CT molecular complexity index is 491. The highest BCUT2D eigenvalue weighted by atomic mass is 32.1. The normalized spacial score (nSPS) is 18.9. The average molecular weight is 265 g/mol. The molecule has 0 spiro atoms. The first-order valence-corrected chi connectivity index (χ1v) is 6.92. The van der Waals surface area contributed by atoms with Crippen molar-refractivity contribution in [1.29, 1.82) is 0 Å². The largest absolute Gasteiger partial charge is 0.379 e. The number of nitrogens with zero attached hydrogens (tertiary/aromatic N) is 3. The topological polar surface area (TPSA) is 51.4 Å². The minimum Gasteiger partial charge on any atom is -0.379 e. The quantitative estimate of drug-likeness (QED) is 0.851. The Labute approximate surface area is 109 Å². The molecular weight excluding hydrogens is 250 g/mol. The molecule has 0 N–H and O–H groups in total. The van der Waals surface area contributed by atoms with Crippen LogP contribution >= 0.6 is 11.3 Å². The summed E-state index contributed by atoms with van der Waals surface area (Å²) in [5.41, 5.74) is 0. The molecule has 96 valence electrons. The van der Waals surface area contributed by atoms with Crippen molar-refractivity contribution in [1.82, 2.24) is 15.0 Å². The zero-order valence-corrected chi connectivity index (χ0v) is 11.0. The number of hydrogen-bond donors (Lipinski definition) is 0. The Morgan fingerprint density at radius 1 is 1.39 bits per heavy atom. The van der Waals surface area contributed by atoms with Crippen LogP contribution in [0.2, 0.25) is 0 Å². The maximum atomic E-state index is 5.37. The second kappa shape index (κ2) is 5.17. The summed E-state index contributed by atoms with van der Waals surface area (Å²) in [5.74, 6) is 1.36. The molecule has 1 atom stereocenters. The fourth-order valence-corrected chi connectivity index (χ4v) is 2.68. The van der Waals surface area contributed by atoms with Gasteiger partial charge in [-0.1, -0.05) is 11.2 Å². The number of morpholine rings is 1. The van der Waals surface area contributed by atoms with Crippen LogP contribution in [0.3, 0.4) is 0 Å². The van der Waals surface area contributed by atoms with Crippen molar-refractivity contribution >= 4 is 11.3 Å². The minimum absolute atomic E-state index is 0.148. The van der Waals surface area contributed by atoms with Crippen LogP contribution in [0.4, 0.5) is 0 Å². The minimum atomic E-state index is 0.148. The van der Waals surface area contributed by atoms with Crippen LogP contribution in [0.1, 0.15) is 18.9 Å². The van der Waals surface area contributed by atoms with Crippen molar-refractivity contribution in [2.24, 2.45) is 0 Å². The van der Waals surface area contributed by atoms with Crippen molar-refractivity contribution in [3.05, 3.63) is 23.4 Å². The van der Waals surface area contributed by atoms with Gasteiger partial charge in [-0.2, -0.15) is 4.98 Å². The van der Waals surface area contributed by atoms with Crippen LogP contribution in [0.5, 0.6) is 0 Å². The number of rotatable bonds is 3. The summed E-state index contributed by atoms with van der Waals surface area (Å²) < 4.78 is 10.7. The molecule has 1 aliphatic heterocycles. The summed E-state index contributed by atoms with van der Waals surface area (Å²) in [4.78, 5) is 7.82. The SMILES string of the molecule is CC(c1nc(-c2cccs2)no1)N1CCOCC1. The van der Waals surface area contributed by atoms with E-state index in [9.17, 15) is 0 Å². The highest BCUT2D eigenvalue weighted by molar-refractivity contribution is 7.13. The molecule has 1 unspecified atom stereocenters. The van der Waals surface area contributed by atoms with E-state index in [-0.39, 0.29) is 6.04 Å². The summed E-state index contributed by atoms with van der Waals surface area (Å²) >= 11 is 1.62. The van der Waals surface area contributed by atoms with Crippen LogP contribution < -0.4 is 0 Å². The van der Waals surface area contributed by atoms with E-state index in [0.29, 0.717) is 11.7 Å². The summed E-state index contributed by atoms with van der Waals surface area (Å²) in [7, 11) is 0. The van der Waals surface area contributed by atoms with Gasteiger partial charge < -0.3 is 9.26 Å². The van der Waals surface area contributed by atoms with Crippen LogP contribution in [-0.2, 0) is 4.74 Å². The van der Waals surface area contributed by atoms with Crippen molar-refractivity contribution in [2.45, 2.75) is 13.0 Å². The van der Waals surface area contributed by atoms with Crippen molar-refractivity contribution in [2.75, 3.05) is 26.3 Å². The highest BCUT2D eigenvalue weighted by Gasteiger charge is 2.23. The molecule has 2 aromatic rings. The van der Waals surface area contributed by atoms with E-state index in [1.807, 2.05) is 17.5 Å². The lowest BCUT2D eigenvalue weighted by atomic mass is 10.2. The Balaban J connectivity index is 1.76. The molecule has 0 bridgehead atoms. The first-order valence-electron chi connectivity index (χ1n) is 6.04. The predicted octanol–water partition coefficient (Wildman–Crippen LogP) is 2.19. The lowest BCUT2D eigenvalue weighted by Gasteiger charge is -2.29. The molecule has 0 aromatic carbocycles. The summed E-state index contributed by atoms with van der Waals surface area (Å²) in [5, 5.41) is 6.05. The van der Waals surface area contributed by atoms with Gasteiger partial charge in [-0.05, 0) is 18.4 Å². The molecular formula is C12H15N3O2S. The lowest BCUT2D eigenvalue weighted by Crippen LogP contribution is -2.38. The fraction of sp³-hybridized carbons (Fsp3) is 0.500. The van der Waals surface area contributed by atoms with Gasteiger partial charge in [0, 0.05) is 13.1 Å². The molecule has 3 heterocycles. The highest BCUT2D eigenvalue weighted by Crippen LogP contribution is 2.25. The summed E-state index contributed by atoms with van der Waals surface area (Å²) in [6.07, 6.45) is 0. The molecule has 5 nitrogen and oxygen atoms in total. The van der Waals surface area contributed by atoms with Crippen LogP contribution in [-0.4, -0.2) is 41.3 Å². The van der Waals surface area contributed by atoms with Gasteiger partial charge in [0.1, 0.15) is 0 Å². The third-order valence-corrected chi connectivity index (χ3v) is 4.00. The van der Waals surface area contributed by atoms with Gasteiger partial charge in [0.15, 0.2) is 0 Å². The number of hydrogen-bond acceptors (Lipinski definition) is 6. The fourth-order valence-electron chi connectivity index (χ4n) is 2.03. The van der Waals surface area contributed by atoms with E-state index < -0.39 is 0 Å². The van der Waals surface area contributed by atoms with E-state index in [1.54, 1.807) is 11.3 Å². The van der Waals surface area contributed by atoms with E-state index in [1.165, 1.54) is 0 Å². The molecule has 1 aliphatic rings. The van der Waals surface area contributed by atoms with Crippen LogP contribution in [0.15, 0.2) is 22.0 Å². The first kappa shape index (κ1) is 11.8. The summed E-state index contributed by atoms with van der Waals surface area (Å²) in [6, 6.07) is 4.13. The average Bonchev–Trinajstić information content (AvgIpc) is 3.09. The molecule has 18 heavy (non-hydrogen) atoms.